The Balaban J connectivity index is 1.52. The van der Waals surface area contributed by atoms with Crippen molar-refractivity contribution in [3.63, 3.8) is 0 Å². The maximum Gasteiger partial charge on any atom is 0.243 e. The van der Waals surface area contributed by atoms with Crippen LogP contribution in [-0.4, -0.2) is 49.6 Å². The summed E-state index contributed by atoms with van der Waals surface area (Å²) in [6.45, 7) is 2.17. The van der Waals surface area contributed by atoms with E-state index >= 15 is 0 Å². The largest absolute Gasteiger partial charge is 0.497 e. The number of piperidine rings is 1. The molecule has 2 fully saturated rings. The fourth-order valence-electron chi connectivity index (χ4n) is 4.32. The van der Waals surface area contributed by atoms with Crippen LogP contribution in [0.5, 0.6) is 5.75 Å². The van der Waals surface area contributed by atoms with E-state index in [1.54, 1.807) is 7.11 Å². The molecule has 172 valence electrons. The van der Waals surface area contributed by atoms with Crippen LogP contribution in [0.4, 0.5) is 0 Å². The summed E-state index contributed by atoms with van der Waals surface area (Å²) < 4.78 is 5.19. The molecule has 1 saturated carbocycles. The number of carbonyl (C=O) groups excluding carboxylic acids is 2. The lowest BCUT2D eigenvalue weighted by atomic mass is 9.91. The molecule has 0 spiro atoms. The summed E-state index contributed by atoms with van der Waals surface area (Å²) in [6.07, 6.45) is 8.25. The maximum atomic E-state index is 13.0. The average molecular weight is 448 g/mol. The van der Waals surface area contributed by atoms with Crippen molar-refractivity contribution in [3.05, 3.63) is 29.8 Å². The van der Waals surface area contributed by atoms with Gasteiger partial charge in [-0.3, -0.25) is 9.59 Å². The van der Waals surface area contributed by atoms with Crippen molar-refractivity contribution in [2.24, 2.45) is 11.8 Å². The van der Waals surface area contributed by atoms with Crippen LogP contribution in [0.25, 0.3) is 0 Å². The van der Waals surface area contributed by atoms with Gasteiger partial charge in [-0.1, -0.05) is 31.4 Å². The van der Waals surface area contributed by atoms with Gasteiger partial charge in [0.2, 0.25) is 11.8 Å². The van der Waals surface area contributed by atoms with Gasteiger partial charge in [-0.05, 0) is 68.1 Å². The number of ether oxygens (including phenoxy) is 1. The van der Waals surface area contributed by atoms with Gasteiger partial charge in [0.15, 0.2) is 0 Å². The third kappa shape index (κ3) is 8.04. The minimum Gasteiger partial charge on any atom is -0.497 e. The molecule has 31 heavy (non-hydrogen) atoms. The first-order valence-electron chi connectivity index (χ1n) is 11.6. The highest BCUT2D eigenvalue weighted by atomic mass is 32.2. The summed E-state index contributed by atoms with van der Waals surface area (Å²) in [7, 11) is 1.64. The van der Waals surface area contributed by atoms with E-state index < -0.39 is 6.04 Å². The van der Waals surface area contributed by atoms with E-state index in [0.717, 1.165) is 48.9 Å². The first kappa shape index (κ1) is 23.9. The molecule has 0 bridgehead atoms. The zero-order chi connectivity index (χ0) is 21.9. The highest BCUT2D eigenvalue weighted by Crippen LogP contribution is 2.27. The van der Waals surface area contributed by atoms with Gasteiger partial charge in [0.05, 0.1) is 7.11 Å². The van der Waals surface area contributed by atoms with E-state index in [4.69, 9.17) is 4.74 Å². The van der Waals surface area contributed by atoms with Crippen molar-refractivity contribution in [1.82, 2.24) is 16.0 Å². The minimum atomic E-state index is -0.491. The fourth-order valence-corrected chi connectivity index (χ4v) is 5.59. The zero-order valence-corrected chi connectivity index (χ0v) is 19.5. The average Bonchev–Trinajstić information content (AvgIpc) is 2.83. The molecule has 1 unspecified atom stereocenters. The lowest BCUT2D eigenvalue weighted by Crippen LogP contribution is -2.51. The molecular formula is C24H37N3O3S. The predicted octanol–water partition coefficient (Wildman–Crippen LogP) is 3.11. The molecule has 1 aromatic carbocycles. The number of thioether (sulfide) groups is 1. The van der Waals surface area contributed by atoms with Crippen LogP contribution >= 0.6 is 11.8 Å². The molecule has 3 N–H and O–H groups in total. The standard InChI is InChI=1S/C24H37N3O3S/c1-30-21-9-7-18(8-10-21)15-26-24(29)22(17-31-16-19-5-3-2-4-6-19)27-23(28)20-11-13-25-14-12-20/h7-10,19-20,22,25H,2-6,11-17H2,1H3,(H,26,29)(H,27,28). The number of hydrogen-bond acceptors (Lipinski definition) is 5. The second-order valence-corrected chi connectivity index (χ2v) is 9.77. The van der Waals surface area contributed by atoms with Gasteiger partial charge in [0.1, 0.15) is 11.8 Å². The highest BCUT2D eigenvalue weighted by Gasteiger charge is 2.27. The summed E-state index contributed by atoms with van der Waals surface area (Å²) in [4.78, 5) is 25.7. The molecule has 7 heteroatoms. The molecule has 0 aromatic heterocycles. The summed E-state index contributed by atoms with van der Waals surface area (Å²) in [6, 6.07) is 7.17. The minimum absolute atomic E-state index is 0.00137. The SMILES string of the molecule is COc1ccc(CNC(=O)C(CSCC2CCCCC2)NC(=O)C2CCNCC2)cc1. The first-order valence-corrected chi connectivity index (χ1v) is 12.8. The second kappa shape index (κ2) is 13.0. The van der Waals surface area contributed by atoms with Crippen LogP contribution in [0.1, 0.15) is 50.5 Å². The van der Waals surface area contributed by atoms with Crippen LogP contribution in [0, 0.1) is 11.8 Å². The third-order valence-electron chi connectivity index (χ3n) is 6.33. The molecule has 0 radical (unpaired) electrons. The van der Waals surface area contributed by atoms with Crippen molar-refractivity contribution in [2.45, 2.75) is 57.5 Å². The molecule has 6 nitrogen and oxygen atoms in total. The molecule has 1 heterocycles. The van der Waals surface area contributed by atoms with Gasteiger partial charge < -0.3 is 20.7 Å². The Hall–Kier alpha value is -1.73. The van der Waals surface area contributed by atoms with Crippen LogP contribution in [0.2, 0.25) is 0 Å². The molecule has 1 aromatic rings. The van der Waals surface area contributed by atoms with Gasteiger partial charge in [-0.2, -0.15) is 11.8 Å². The number of methoxy groups -OCH3 is 1. The lowest BCUT2D eigenvalue weighted by molar-refractivity contribution is -0.131. The molecule has 3 rings (SSSR count). The van der Waals surface area contributed by atoms with E-state index in [0.29, 0.717) is 12.3 Å². The van der Waals surface area contributed by atoms with Gasteiger partial charge >= 0.3 is 0 Å². The van der Waals surface area contributed by atoms with Crippen molar-refractivity contribution in [2.75, 3.05) is 31.7 Å². The third-order valence-corrected chi connectivity index (χ3v) is 7.61. The van der Waals surface area contributed by atoms with Crippen LogP contribution in [0.3, 0.4) is 0 Å². The molecule has 1 atom stereocenters. The highest BCUT2D eigenvalue weighted by molar-refractivity contribution is 7.99. The van der Waals surface area contributed by atoms with Crippen LogP contribution in [-0.2, 0) is 16.1 Å². The quantitative estimate of drug-likeness (QED) is 0.514. The molecule has 2 aliphatic rings. The summed E-state index contributed by atoms with van der Waals surface area (Å²) in [5, 5.41) is 9.36. The normalized spacial score (nSPS) is 18.9. The molecule has 1 aliphatic heterocycles. The van der Waals surface area contributed by atoms with Crippen molar-refractivity contribution < 1.29 is 14.3 Å². The zero-order valence-electron chi connectivity index (χ0n) is 18.7. The molecule has 1 aliphatic carbocycles. The summed E-state index contributed by atoms with van der Waals surface area (Å²) in [5.74, 6) is 3.16. The van der Waals surface area contributed by atoms with E-state index in [-0.39, 0.29) is 17.7 Å². The number of nitrogens with one attached hydrogen (secondary N) is 3. The van der Waals surface area contributed by atoms with E-state index in [1.807, 2.05) is 36.0 Å². The Morgan fingerprint density at radius 3 is 2.48 bits per heavy atom. The predicted molar refractivity (Wildman–Crippen MR) is 126 cm³/mol. The Morgan fingerprint density at radius 1 is 1.10 bits per heavy atom. The smallest absolute Gasteiger partial charge is 0.243 e. The Morgan fingerprint density at radius 2 is 1.81 bits per heavy atom. The number of hydrogen-bond donors (Lipinski definition) is 3. The van der Waals surface area contributed by atoms with Crippen LogP contribution < -0.4 is 20.7 Å². The van der Waals surface area contributed by atoms with E-state index in [9.17, 15) is 9.59 Å². The first-order chi connectivity index (χ1) is 15.2. The topological polar surface area (TPSA) is 79.5 Å². The van der Waals surface area contributed by atoms with Gasteiger partial charge in [-0.25, -0.2) is 0 Å². The van der Waals surface area contributed by atoms with Gasteiger partial charge in [0.25, 0.3) is 0 Å². The lowest BCUT2D eigenvalue weighted by Gasteiger charge is -2.26. The number of rotatable bonds is 10. The molecule has 2 amide bonds. The molecular weight excluding hydrogens is 410 g/mol. The molecule has 1 saturated heterocycles. The van der Waals surface area contributed by atoms with Crippen molar-refractivity contribution >= 4 is 23.6 Å². The number of amides is 2. The van der Waals surface area contributed by atoms with E-state index in [2.05, 4.69) is 16.0 Å². The Kier molecular flexibility index (Phi) is 10.0. The van der Waals surface area contributed by atoms with Crippen LogP contribution in [0.15, 0.2) is 24.3 Å². The Bertz CT molecular complexity index is 686. The fraction of sp³-hybridized carbons (Fsp3) is 0.667. The number of benzene rings is 1. The summed E-state index contributed by atoms with van der Waals surface area (Å²) in [5.41, 5.74) is 1.01. The monoisotopic (exact) mass is 447 g/mol. The summed E-state index contributed by atoms with van der Waals surface area (Å²) >= 11 is 1.81. The van der Waals surface area contributed by atoms with Gasteiger partial charge in [-0.15, -0.1) is 0 Å². The second-order valence-electron chi connectivity index (χ2n) is 8.69. The van der Waals surface area contributed by atoms with E-state index in [1.165, 1.54) is 32.1 Å². The van der Waals surface area contributed by atoms with Gasteiger partial charge in [0, 0.05) is 18.2 Å². The number of carbonyl (C=O) groups is 2. The maximum absolute atomic E-state index is 13.0. The van der Waals surface area contributed by atoms with Crippen molar-refractivity contribution in [3.8, 4) is 5.75 Å². The van der Waals surface area contributed by atoms with Crippen molar-refractivity contribution in [1.29, 1.82) is 0 Å². The Labute approximate surface area is 190 Å².